The van der Waals surface area contributed by atoms with Crippen molar-refractivity contribution in [1.82, 2.24) is 9.97 Å². The van der Waals surface area contributed by atoms with E-state index >= 15 is 0 Å². The number of benzene rings is 1. The molecule has 0 aliphatic carbocycles. The Kier molecular flexibility index (Phi) is 3.60. The van der Waals surface area contributed by atoms with Crippen molar-refractivity contribution in [2.45, 2.75) is 0 Å². The third kappa shape index (κ3) is 2.78. The lowest BCUT2D eigenvalue weighted by Crippen LogP contribution is -1.91. The Labute approximate surface area is 121 Å². The highest BCUT2D eigenvalue weighted by Gasteiger charge is 2.02. The summed E-state index contributed by atoms with van der Waals surface area (Å²) in [6.07, 6.45) is 3.60. The first-order chi connectivity index (χ1) is 9.85. The predicted octanol–water partition coefficient (Wildman–Crippen LogP) is 4.04. The number of nitrogens with zero attached hydrogens (tertiary/aromatic N) is 2. The second kappa shape index (κ2) is 5.71. The van der Waals surface area contributed by atoms with Crippen molar-refractivity contribution in [3.8, 4) is 22.1 Å². The van der Waals surface area contributed by atoms with Gasteiger partial charge in [0, 0.05) is 19.3 Å². The van der Waals surface area contributed by atoms with Gasteiger partial charge in [-0.15, -0.1) is 11.3 Å². The van der Waals surface area contributed by atoms with Crippen LogP contribution in [0.15, 0.2) is 54.3 Å². The smallest absolute Gasteiger partial charge is 0.219 e. The maximum Gasteiger partial charge on any atom is 0.219 e. The van der Waals surface area contributed by atoms with Crippen LogP contribution in [-0.4, -0.2) is 17.0 Å². The van der Waals surface area contributed by atoms with Crippen molar-refractivity contribution >= 4 is 17.0 Å². The number of aromatic nitrogens is 2. The monoisotopic (exact) mass is 283 g/mol. The van der Waals surface area contributed by atoms with E-state index in [0.717, 1.165) is 21.9 Å². The second-order valence-corrected chi connectivity index (χ2v) is 5.01. The Bertz CT molecular complexity index is 663. The van der Waals surface area contributed by atoms with Crippen molar-refractivity contribution < 1.29 is 4.74 Å². The fourth-order valence-corrected chi connectivity index (χ4v) is 2.38. The third-order valence-corrected chi connectivity index (χ3v) is 3.64. The van der Waals surface area contributed by atoms with Gasteiger partial charge in [0.2, 0.25) is 5.88 Å². The molecule has 0 bridgehead atoms. The fourth-order valence-electron chi connectivity index (χ4n) is 1.75. The summed E-state index contributed by atoms with van der Waals surface area (Å²) >= 11 is 1.62. The van der Waals surface area contributed by atoms with E-state index in [-0.39, 0.29) is 0 Å². The summed E-state index contributed by atoms with van der Waals surface area (Å²) in [4.78, 5) is 9.45. The average molecular weight is 283 g/mol. The topological polar surface area (TPSA) is 47.0 Å². The molecule has 0 radical (unpaired) electrons. The molecule has 0 saturated heterocycles. The quantitative estimate of drug-likeness (QED) is 0.785. The Morgan fingerprint density at radius 1 is 1.05 bits per heavy atom. The first-order valence-corrected chi connectivity index (χ1v) is 7.04. The van der Waals surface area contributed by atoms with Crippen LogP contribution in [0.25, 0.3) is 10.4 Å². The van der Waals surface area contributed by atoms with Crippen molar-refractivity contribution in [2.75, 3.05) is 12.4 Å². The van der Waals surface area contributed by atoms with Crippen LogP contribution in [0, 0.1) is 0 Å². The van der Waals surface area contributed by atoms with Crippen LogP contribution in [0.5, 0.6) is 11.6 Å². The average Bonchev–Trinajstić information content (AvgIpc) is 3.03. The minimum atomic E-state index is 0.578. The Balaban J connectivity index is 1.74. The van der Waals surface area contributed by atoms with E-state index in [9.17, 15) is 0 Å². The molecule has 0 fully saturated rings. The van der Waals surface area contributed by atoms with Gasteiger partial charge in [-0.2, -0.15) is 0 Å². The van der Waals surface area contributed by atoms with Gasteiger partial charge in [0.25, 0.3) is 0 Å². The molecule has 0 atom stereocenters. The van der Waals surface area contributed by atoms with Gasteiger partial charge in [-0.1, -0.05) is 0 Å². The summed E-state index contributed by atoms with van der Waals surface area (Å²) in [5.74, 6) is 1.34. The Morgan fingerprint density at radius 3 is 2.50 bits per heavy atom. The zero-order valence-electron chi connectivity index (χ0n) is 10.9. The van der Waals surface area contributed by atoms with Crippen LogP contribution in [0.3, 0.4) is 0 Å². The summed E-state index contributed by atoms with van der Waals surface area (Å²) in [5, 5.41) is 3.02. The SMILES string of the molecule is CNc1ccc(Oc2ccc(-c3cncs3)cc2)nc1. The second-order valence-electron chi connectivity index (χ2n) is 4.13. The number of nitrogens with one attached hydrogen (secondary N) is 1. The molecule has 4 nitrogen and oxygen atoms in total. The molecule has 3 aromatic rings. The van der Waals surface area contributed by atoms with E-state index < -0.39 is 0 Å². The highest BCUT2D eigenvalue weighted by atomic mass is 32.1. The molecule has 2 heterocycles. The first kappa shape index (κ1) is 12.6. The van der Waals surface area contributed by atoms with Crippen LogP contribution < -0.4 is 10.1 Å². The largest absolute Gasteiger partial charge is 0.439 e. The van der Waals surface area contributed by atoms with Gasteiger partial charge in [-0.05, 0) is 35.9 Å². The number of anilines is 1. The Hall–Kier alpha value is -2.40. The molecular weight excluding hydrogens is 270 g/mol. The molecule has 0 aliphatic heterocycles. The molecule has 0 saturated carbocycles. The summed E-state index contributed by atoms with van der Waals surface area (Å²) in [6, 6.07) is 11.7. The fraction of sp³-hybridized carbons (Fsp3) is 0.0667. The van der Waals surface area contributed by atoms with Crippen LogP contribution >= 0.6 is 11.3 Å². The third-order valence-electron chi connectivity index (χ3n) is 2.82. The van der Waals surface area contributed by atoms with Crippen LogP contribution in [0.1, 0.15) is 0 Å². The molecule has 0 aliphatic rings. The molecule has 0 amide bonds. The van der Waals surface area contributed by atoms with Crippen molar-refractivity contribution in [3.05, 3.63) is 54.3 Å². The molecule has 1 aromatic carbocycles. The lowest BCUT2D eigenvalue weighted by molar-refractivity contribution is 0.463. The van der Waals surface area contributed by atoms with Crippen LogP contribution in [0.4, 0.5) is 5.69 Å². The van der Waals surface area contributed by atoms with Gasteiger partial charge in [-0.25, -0.2) is 4.98 Å². The number of hydrogen-bond donors (Lipinski definition) is 1. The molecule has 100 valence electrons. The number of rotatable bonds is 4. The van der Waals surface area contributed by atoms with Crippen molar-refractivity contribution in [3.63, 3.8) is 0 Å². The summed E-state index contributed by atoms with van der Waals surface area (Å²) < 4.78 is 5.70. The van der Waals surface area contributed by atoms with E-state index in [1.807, 2.05) is 55.2 Å². The zero-order chi connectivity index (χ0) is 13.8. The van der Waals surface area contributed by atoms with Gasteiger partial charge < -0.3 is 10.1 Å². The zero-order valence-corrected chi connectivity index (χ0v) is 11.7. The number of ether oxygens (including phenoxy) is 1. The number of pyridine rings is 1. The van der Waals surface area contributed by atoms with E-state index in [2.05, 4.69) is 15.3 Å². The summed E-state index contributed by atoms with van der Waals surface area (Å²) in [7, 11) is 1.86. The lowest BCUT2D eigenvalue weighted by atomic mass is 10.2. The first-order valence-electron chi connectivity index (χ1n) is 6.16. The van der Waals surface area contributed by atoms with Gasteiger partial charge in [-0.3, -0.25) is 4.98 Å². The maximum atomic E-state index is 5.70. The van der Waals surface area contributed by atoms with E-state index in [1.165, 1.54) is 0 Å². The predicted molar refractivity (Wildman–Crippen MR) is 81.4 cm³/mol. The van der Waals surface area contributed by atoms with E-state index in [0.29, 0.717) is 5.88 Å². The van der Waals surface area contributed by atoms with Crippen LogP contribution in [-0.2, 0) is 0 Å². The molecule has 0 unspecified atom stereocenters. The number of hydrogen-bond acceptors (Lipinski definition) is 5. The van der Waals surface area contributed by atoms with Gasteiger partial charge in [0.05, 0.1) is 22.3 Å². The molecule has 20 heavy (non-hydrogen) atoms. The normalized spacial score (nSPS) is 10.2. The molecule has 5 heteroatoms. The van der Waals surface area contributed by atoms with Gasteiger partial charge in [0.15, 0.2) is 0 Å². The van der Waals surface area contributed by atoms with Gasteiger partial charge in [0.1, 0.15) is 5.75 Å². The van der Waals surface area contributed by atoms with Gasteiger partial charge >= 0.3 is 0 Å². The molecule has 1 N–H and O–H groups in total. The highest BCUT2D eigenvalue weighted by molar-refractivity contribution is 7.13. The molecule has 3 rings (SSSR count). The van der Waals surface area contributed by atoms with Crippen LogP contribution in [0.2, 0.25) is 0 Å². The summed E-state index contributed by atoms with van der Waals surface area (Å²) in [6.45, 7) is 0. The molecule has 2 aromatic heterocycles. The Morgan fingerprint density at radius 2 is 1.90 bits per heavy atom. The van der Waals surface area contributed by atoms with E-state index in [4.69, 9.17) is 4.74 Å². The lowest BCUT2D eigenvalue weighted by Gasteiger charge is -2.06. The maximum absolute atomic E-state index is 5.70. The van der Waals surface area contributed by atoms with E-state index in [1.54, 1.807) is 17.5 Å². The standard InChI is InChI=1S/C15H13N3OS/c1-16-12-4-7-15(18-8-12)19-13-5-2-11(3-6-13)14-9-17-10-20-14/h2-10,16H,1H3. The minimum absolute atomic E-state index is 0.578. The highest BCUT2D eigenvalue weighted by Crippen LogP contribution is 2.27. The van der Waals surface area contributed by atoms with Crippen molar-refractivity contribution in [2.24, 2.45) is 0 Å². The summed E-state index contributed by atoms with van der Waals surface area (Å²) in [5.41, 5.74) is 3.92. The minimum Gasteiger partial charge on any atom is -0.439 e. The van der Waals surface area contributed by atoms with Crippen molar-refractivity contribution in [1.29, 1.82) is 0 Å². The molecule has 0 spiro atoms. The number of thiazole rings is 1. The molecular formula is C15H13N3OS.